The molecule has 0 aromatic carbocycles. The first kappa shape index (κ1) is 7.06. The first-order chi connectivity index (χ1) is 5.14. The third-order valence-corrected chi connectivity index (χ3v) is 2.60. The van der Waals surface area contributed by atoms with Crippen molar-refractivity contribution >= 4 is 5.91 Å². The summed E-state index contributed by atoms with van der Waals surface area (Å²) < 4.78 is 5.27. The second-order valence-electron chi connectivity index (χ2n) is 3.27. The second kappa shape index (κ2) is 1.95. The van der Waals surface area contributed by atoms with E-state index in [-0.39, 0.29) is 18.6 Å². The van der Waals surface area contributed by atoms with Crippen molar-refractivity contribution in [2.75, 3.05) is 13.3 Å². The number of fused-ring (bicyclic) bond motifs is 2. The monoisotopic (exact) mass is 157 g/mol. The molecule has 0 aromatic rings. The lowest BCUT2D eigenvalue weighted by Gasteiger charge is -2.30. The van der Waals surface area contributed by atoms with Crippen LogP contribution in [-0.2, 0) is 14.4 Å². The molecule has 2 aliphatic rings. The molecule has 2 unspecified atom stereocenters. The number of hydrogen-bond donors (Lipinski definition) is 0. The van der Waals surface area contributed by atoms with Crippen LogP contribution in [0.2, 0.25) is 0 Å². The molecule has 2 bridgehead atoms. The number of amides is 1. The summed E-state index contributed by atoms with van der Waals surface area (Å²) in [4.78, 5) is 16.4. The number of hydrogen-bond acceptors (Lipinski definition) is 3. The highest BCUT2D eigenvalue weighted by Crippen LogP contribution is 2.35. The minimum absolute atomic E-state index is 0.0451. The van der Waals surface area contributed by atoms with Gasteiger partial charge in [0.25, 0.3) is 5.91 Å². The SMILES string of the molecule is CC1CN2OCOC1(C)C2=O. The van der Waals surface area contributed by atoms with Crippen molar-refractivity contribution in [1.29, 1.82) is 0 Å². The number of carbonyl (C=O) groups excluding carboxylic acids is 1. The van der Waals surface area contributed by atoms with Gasteiger partial charge in [-0.2, -0.15) is 0 Å². The molecule has 2 heterocycles. The van der Waals surface area contributed by atoms with Crippen LogP contribution in [0.1, 0.15) is 13.8 Å². The van der Waals surface area contributed by atoms with Crippen LogP contribution in [0.4, 0.5) is 0 Å². The standard InChI is InChI=1S/C7H11NO3/c1-5-3-8-6(9)7(5,2)10-4-11-8/h5H,3-4H2,1-2H3. The maximum absolute atomic E-state index is 11.4. The van der Waals surface area contributed by atoms with Gasteiger partial charge in [0, 0.05) is 5.92 Å². The van der Waals surface area contributed by atoms with E-state index in [9.17, 15) is 4.79 Å². The number of ether oxygens (including phenoxy) is 1. The van der Waals surface area contributed by atoms with Crippen LogP contribution in [0.5, 0.6) is 0 Å². The first-order valence-corrected chi connectivity index (χ1v) is 3.73. The molecule has 2 atom stereocenters. The quantitative estimate of drug-likeness (QED) is 0.502. The Bertz CT molecular complexity index is 206. The lowest BCUT2D eigenvalue weighted by molar-refractivity contribution is -0.264. The number of rotatable bonds is 0. The van der Waals surface area contributed by atoms with Gasteiger partial charge in [0.15, 0.2) is 12.4 Å². The van der Waals surface area contributed by atoms with E-state index in [1.165, 1.54) is 5.06 Å². The van der Waals surface area contributed by atoms with Crippen LogP contribution in [-0.4, -0.2) is 29.9 Å². The Kier molecular flexibility index (Phi) is 1.25. The molecule has 0 aliphatic carbocycles. The number of carbonyl (C=O) groups is 1. The zero-order valence-corrected chi connectivity index (χ0v) is 6.66. The van der Waals surface area contributed by atoms with Crippen LogP contribution in [0, 0.1) is 5.92 Å². The summed E-state index contributed by atoms with van der Waals surface area (Å²) in [6.07, 6.45) is 0. The maximum Gasteiger partial charge on any atom is 0.278 e. The average molecular weight is 157 g/mol. The summed E-state index contributed by atoms with van der Waals surface area (Å²) in [5.41, 5.74) is -0.627. The van der Waals surface area contributed by atoms with E-state index in [4.69, 9.17) is 9.57 Å². The summed E-state index contributed by atoms with van der Waals surface area (Å²) in [6, 6.07) is 0. The van der Waals surface area contributed by atoms with Crippen LogP contribution < -0.4 is 0 Å². The third-order valence-electron chi connectivity index (χ3n) is 2.60. The molecule has 4 nitrogen and oxygen atoms in total. The summed E-state index contributed by atoms with van der Waals surface area (Å²) in [5, 5.41) is 1.40. The van der Waals surface area contributed by atoms with Gasteiger partial charge >= 0.3 is 0 Å². The van der Waals surface area contributed by atoms with Crippen molar-refractivity contribution in [3.8, 4) is 0 Å². The van der Waals surface area contributed by atoms with E-state index >= 15 is 0 Å². The van der Waals surface area contributed by atoms with Gasteiger partial charge in [0.1, 0.15) is 0 Å². The van der Waals surface area contributed by atoms with E-state index in [1.807, 2.05) is 13.8 Å². The highest BCUT2D eigenvalue weighted by molar-refractivity contribution is 5.86. The molecular formula is C7H11NO3. The van der Waals surface area contributed by atoms with Crippen molar-refractivity contribution in [3.63, 3.8) is 0 Å². The molecule has 0 saturated carbocycles. The maximum atomic E-state index is 11.4. The molecule has 62 valence electrons. The predicted molar refractivity (Wildman–Crippen MR) is 36.3 cm³/mol. The first-order valence-electron chi connectivity index (χ1n) is 3.73. The summed E-state index contributed by atoms with van der Waals surface area (Å²) in [7, 11) is 0. The molecule has 0 N–H and O–H groups in total. The fourth-order valence-electron chi connectivity index (χ4n) is 1.49. The Morgan fingerprint density at radius 3 is 3.00 bits per heavy atom. The fourth-order valence-corrected chi connectivity index (χ4v) is 1.49. The summed E-state index contributed by atoms with van der Waals surface area (Å²) >= 11 is 0. The molecule has 2 rings (SSSR count). The Hall–Kier alpha value is -0.610. The molecule has 0 aromatic heterocycles. The van der Waals surface area contributed by atoms with E-state index in [2.05, 4.69) is 0 Å². The van der Waals surface area contributed by atoms with Crippen LogP contribution in [0.3, 0.4) is 0 Å². The molecule has 0 spiro atoms. The Morgan fingerprint density at radius 1 is 1.73 bits per heavy atom. The van der Waals surface area contributed by atoms with Crippen LogP contribution >= 0.6 is 0 Å². The van der Waals surface area contributed by atoms with Crippen molar-refractivity contribution in [2.45, 2.75) is 19.4 Å². The molecule has 11 heavy (non-hydrogen) atoms. The van der Waals surface area contributed by atoms with E-state index in [0.717, 1.165) is 0 Å². The minimum atomic E-state index is -0.627. The van der Waals surface area contributed by atoms with E-state index in [0.29, 0.717) is 6.54 Å². The van der Waals surface area contributed by atoms with Gasteiger partial charge in [0.2, 0.25) is 0 Å². The van der Waals surface area contributed by atoms with Gasteiger partial charge in [-0.3, -0.25) is 4.79 Å². The second-order valence-corrected chi connectivity index (χ2v) is 3.27. The topological polar surface area (TPSA) is 38.8 Å². The van der Waals surface area contributed by atoms with Gasteiger partial charge in [-0.25, -0.2) is 9.90 Å². The molecule has 2 fully saturated rings. The highest BCUT2D eigenvalue weighted by Gasteiger charge is 2.53. The smallest absolute Gasteiger partial charge is 0.278 e. The lowest BCUT2D eigenvalue weighted by Crippen LogP contribution is -2.47. The van der Waals surface area contributed by atoms with Crippen molar-refractivity contribution in [3.05, 3.63) is 0 Å². The Balaban J connectivity index is 2.34. The minimum Gasteiger partial charge on any atom is -0.336 e. The zero-order chi connectivity index (χ0) is 8.06. The van der Waals surface area contributed by atoms with Crippen LogP contribution in [0.25, 0.3) is 0 Å². The molecular weight excluding hydrogens is 146 g/mol. The predicted octanol–water partition coefficient (Wildman–Crippen LogP) is 0.143. The molecule has 1 amide bonds. The highest BCUT2D eigenvalue weighted by atomic mass is 16.8. The largest absolute Gasteiger partial charge is 0.336 e. The third kappa shape index (κ3) is 0.736. The molecule has 4 heteroatoms. The van der Waals surface area contributed by atoms with Gasteiger partial charge < -0.3 is 4.74 Å². The number of hydroxylamine groups is 2. The number of nitrogens with zero attached hydrogens (tertiary/aromatic N) is 1. The van der Waals surface area contributed by atoms with E-state index in [1.54, 1.807) is 0 Å². The van der Waals surface area contributed by atoms with E-state index < -0.39 is 5.60 Å². The van der Waals surface area contributed by atoms with Crippen LogP contribution in [0.15, 0.2) is 0 Å². The molecule has 0 radical (unpaired) electrons. The normalized spacial score (nSPS) is 43.3. The Labute approximate surface area is 65.0 Å². The fraction of sp³-hybridized carbons (Fsp3) is 0.857. The Morgan fingerprint density at radius 2 is 2.45 bits per heavy atom. The lowest BCUT2D eigenvalue weighted by atomic mass is 9.94. The van der Waals surface area contributed by atoms with Gasteiger partial charge in [-0.15, -0.1) is 0 Å². The van der Waals surface area contributed by atoms with Crippen molar-refractivity contribution in [1.82, 2.24) is 5.06 Å². The summed E-state index contributed by atoms with van der Waals surface area (Å²) in [5.74, 6) is 0.175. The average Bonchev–Trinajstić information content (AvgIpc) is 2.16. The zero-order valence-electron chi connectivity index (χ0n) is 6.66. The van der Waals surface area contributed by atoms with Crippen molar-refractivity contribution in [2.24, 2.45) is 5.92 Å². The van der Waals surface area contributed by atoms with Gasteiger partial charge in [-0.1, -0.05) is 6.92 Å². The molecule has 2 saturated heterocycles. The van der Waals surface area contributed by atoms with Gasteiger partial charge in [0.05, 0.1) is 6.54 Å². The summed E-state index contributed by atoms with van der Waals surface area (Å²) in [6.45, 7) is 4.66. The molecule has 2 aliphatic heterocycles. The van der Waals surface area contributed by atoms with Crippen molar-refractivity contribution < 1.29 is 14.4 Å². The van der Waals surface area contributed by atoms with Gasteiger partial charge in [-0.05, 0) is 6.92 Å².